The highest BCUT2D eigenvalue weighted by Gasteiger charge is 2.29. The van der Waals surface area contributed by atoms with Gasteiger partial charge in [0.1, 0.15) is 5.82 Å². The van der Waals surface area contributed by atoms with Crippen molar-refractivity contribution in [1.82, 2.24) is 0 Å². The normalized spacial score (nSPS) is 24.4. The second-order valence-corrected chi connectivity index (χ2v) is 5.41. The molecule has 0 saturated carbocycles. The maximum atomic E-state index is 13.2. The van der Waals surface area contributed by atoms with Gasteiger partial charge in [-0.3, -0.25) is 0 Å². The zero-order chi connectivity index (χ0) is 11.7. The largest absolute Gasteiger partial charge is 0.396 e. The molecule has 4 heteroatoms. The summed E-state index contributed by atoms with van der Waals surface area (Å²) in [4.78, 5) is 3.13. The van der Waals surface area contributed by atoms with Gasteiger partial charge in [-0.1, -0.05) is 0 Å². The zero-order valence-electron chi connectivity index (χ0n) is 9.48. The predicted molar refractivity (Wildman–Crippen MR) is 65.6 cm³/mol. The smallest absolute Gasteiger partial charge is 0.124 e. The zero-order valence-corrected chi connectivity index (χ0v) is 10.3. The summed E-state index contributed by atoms with van der Waals surface area (Å²) < 4.78 is 13.2. The first-order valence-electron chi connectivity index (χ1n) is 5.43. The standard InChI is InChI=1S/C12H16FNOS/c1-8-11(5-6-15)16-12-7-9(13)3-4-10(12)14(8)2/h3-4,7-8,11,15H,5-6H2,1-2H3. The molecular weight excluding hydrogens is 225 g/mol. The first kappa shape index (κ1) is 11.7. The van der Waals surface area contributed by atoms with E-state index >= 15 is 0 Å². The number of hydrogen-bond acceptors (Lipinski definition) is 3. The van der Waals surface area contributed by atoms with Crippen LogP contribution in [0.3, 0.4) is 0 Å². The molecule has 0 radical (unpaired) electrons. The van der Waals surface area contributed by atoms with E-state index in [9.17, 15) is 4.39 Å². The van der Waals surface area contributed by atoms with Gasteiger partial charge in [0.2, 0.25) is 0 Å². The van der Waals surface area contributed by atoms with Gasteiger partial charge in [-0.05, 0) is 31.5 Å². The van der Waals surface area contributed by atoms with Crippen molar-refractivity contribution in [3.63, 3.8) is 0 Å². The second-order valence-electron chi connectivity index (χ2n) is 4.13. The van der Waals surface area contributed by atoms with Gasteiger partial charge in [-0.2, -0.15) is 0 Å². The van der Waals surface area contributed by atoms with E-state index in [1.54, 1.807) is 17.8 Å². The summed E-state index contributed by atoms with van der Waals surface area (Å²) in [6, 6.07) is 5.25. The summed E-state index contributed by atoms with van der Waals surface area (Å²) >= 11 is 1.67. The van der Waals surface area contributed by atoms with Gasteiger partial charge in [0.25, 0.3) is 0 Å². The molecule has 2 unspecified atom stereocenters. The molecule has 0 aromatic heterocycles. The highest BCUT2D eigenvalue weighted by atomic mass is 32.2. The van der Waals surface area contributed by atoms with Crippen LogP contribution in [0.25, 0.3) is 0 Å². The summed E-state index contributed by atoms with van der Waals surface area (Å²) in [6.07, 6.45) is 0.742. The highest BCUT2D eigenvalue weighted by Crippen LogP contribution is 2.42. The minimum atomic E-state index is -0.197. The maximum absolute atomic E-state index is 13.2. The quantitative estimate of drug-likeness (QED) is 0.860. The minimum Gasteiger partial charge on any atom is -0.396 e. The lowest BCUT2D eigenvalue weighted by atomic mass is 10.1. The van der Waals surface area contributed by atoms with E-state index in [-0.39, 0.29) is 12.4 Å². The third kappa shape index (κ3) is 2.04. The maximum Gasteiger partial charge on any atom is 0.124 e. The molecule has 1 aliphatic heterocycles. The molecule has 1 N–H and O–H groups in total. The van der Waals surface area contributed by atoms with E-state index in [1.807, 2.05) is 13.1 Å². The molecule has 0 aliphatic carbocycles. The van der Waals surface area contributed by atoms with Crippen LogP contribution in [0.4, 0.5) is 10.1 Å². The lowest BCUT2D eigenvalue weighted by Crippen LogP contribution is -2.41. The minimum absolute atomic E-state index is 0.181. The van der Waals surface area contributed by atoms with E-state index in [2.05, 4.69) is 11.8 Å². The molecular formula is C12H16FNOS. The van der Waals surface area contributed by atoms with Gasteiger partial charge in [-0.15, -0.1) is 11.8 Å². The van der Waals surface area contributed by atoms with Crippen LogP contribution in [-0.4, -0.2) is 30.1 Å². The topological polar surface area (TPSA) is 23.5 Å². The van der Waals surface area contributed by atoms with Gasteiger partial charge in [-0.25, -0.2) is 4.39 Å². The van der Waals surface area contributed by atoms with Crippen LogP contribution in [0.1, 0.15) is 13.3 Å². The van der Waals surface area contributed by atoms with Crippen molar-refractivity contribution in [1.29, 1.82) is 0 Å². The Bertz CT molecular complexity index is 385. The average molecular weight is 241 g/mol. The molecule has 0 bridgehead atoms. The van der Waals surface area contributed by atoms with Crippen molar-refractivity contribution in [2.75, 3.05) is 18.6 Å². The Morgan fingerprint density at radius 3 is 2.94 bits per heavy atom. The van der Waals surface area contributed by atoms with Crippen molar-refractivity contribution < 1.29 is 9.50 Å². The highest BCUT2D eigenvalue weighted by molar-refractivity contribution is 8.00. The Hall–Kier alpha value is -0.740. The van der Waals surface area contributed by atoms with Crippen molar-refractivity contribution in [3.05, 3.63) is 24.0 Å². The van der Waals surface area contributed by atoms with Gasteiger partial charge >= 0.3 is 0 Å². The fourth-order valence-corrected chi connectivity index (χ4v) is 3.47. The number of thioether (sulfide) groups is 1. The Morgan fingerprint density at radius 1 is 1.50 bits per heavy atom. The van der Waals surface area contributed by atoms with Gasteiger partial charge in [0.15, 0.2) is 0 Å². The van der Waals surface area contributed by atoms with Crippen LogP contribution in [0.5, 0.6) is 0 Å². The molecule has 2 rings (SSSR count). The van der Waals surface area contributed by atoms with Crippen LogP contribution < -0.4 is 4.90 Å². The number of anilines is 1. The molecule has 1 heterocycles. The first-order valence-corrected chi connectivity index (χ1v) is 6.31. The van der Waals surface area contributed by atoms with E-state index in [4.69, 9.17) is 5.11 Å². The number of nitrogens with zero attached hydrogens (tertiary/aromatic N) is 1. The van der Waals surface area contributed by atoms with E-state index in [1.165, 1.54) is 6.07 Å². The van der Waals surface area contributed by atoms with Crippen molar-refractivity contribution in [3.8, 4) is 0 Å². The van der Waals surface area contributed by atoms with Gasteiger partial charge in [0, 0.05) is 29.8 Å². The molecule has 2 atom stereocenters. The second kappa shape index (κ2) is 4.63. The van der Waals surface area contributed by atoms with Crippen molar-refractivity contribution >= 4 is 17.4 Å². The van der Waals surface area contributed by atoms with Crippen LogP contribution in [-0.2, 0) is 0 Å². The Balaban J connectivity index is 2.32. The van der Waals surface area contributed by atoms with Crippen LogP contribution >= 0.6 is 11.8 Å². The lowest BCUT2D eigenvalue weighted by molar-refractivity contribution is 0.282. The molecule has 0 spiro atoms. The van der Waals surface area contributed by atoms with Crippen molar-refractivity contribution in [2.24, 2.45) is 0 Å². The van der Waals surface area contributed by atoms with Crippen LogP contribution in [0.15, 0.2) is 23.1 Å². The first-order chi connectivity index (χ1) is 7.63. The molecule has 0 amide bonds. The number of fused-ring (bicyclic) bond motifs is 1. The molecule has 88 valence electrons. The summed E-state index contributed by atoms with van der Waals surface area (Å²) in [6.45, 7) is 2.32. The Labute approximate surface area is 99.5 Å². The summed E-state index contributed by atoms with van der Waals surface area (Å²) in [5.74, 6) is -0.197. The SMILES string of the molecule is CC1C(CCO)Sc2cc(F)ccc2N1C. The summed E-state index contributed by atoms with van der Waals surface area (Å²) in [5.41, 5.74) is 1.08. The number of aliphatic hydroxyl groups excluding tert-OH is 1. The van der Waals surface area contributed by atoms with Crippen LogP contribution in [0, 0.1) is 5.82 Å². The van der Waals surface area contributed by atoms with Crippen molar-refractivity contribution in [2.45, 2.75) is 29.5 Å². The molecule has 2 nitrogen and oxygen atoms in total. The predicted octanol–water partition coefficient (Wildman–Crippen LogP) is 2.51. The van der Waals surface area contributed by atoms with E-state index < -0.39 is 0 Å². The molecule has 1 aromatic rings. The monoisotopic (exact) mass is 241 g/mol. The molecule has 0 saturated heterocycles. The number of halogens is 1. The lowest BCUT2D eigenvalue weighted by Gasteiger charge is -2.39. The fourth-order valence-electron chi connectivity index (χ4n) is 2.03. The molecule has 1 aliphatic rings. The number of benzene rings is 1. The van der Waals surface area contributed by atoms with Gasteiger partial charge in [0.05, 0.1) is 5.69 Å². The van der Waals surface area contributed by atoms with Crippen LogP contribution in [0.2, 0.25) is 0 Å². The molecule has 0 fully saturated rings. The number of rotatable bonds is 2. The van der Waals surface area contributed by atoms with Gasteiger partial charge < -0.3 is 10.0 Å². The van der Waals surface area contributed by atoms with E-state index in [0.29, 0.717) is 11.3 Å². The van der Waals surface area contributed by atoms with E-state index in [0.717, 1.165) is 17.0 Å². The Kier molecular flexibility index (Phi) is 3.40. The molecule has 1 aromatic carbocycles. The third-order valence-corrected chi connectivity index (χ3v) is 4.66. The Morgan fingerprint density at radius 2 is 2.25 bits per heavy atom. The number of hydrogen-bond donors (Lipinski definition) is 1. The third-order valence-electron chi connectivity index (χ3n) is 3.14. The summed E-state index contributed by atoms with van der Waals surface area (Å²) in [5, 5.41) is 9.34. The summed E-state index contributed by atoms with van der Waals surface area (Å²) in [7, 11) is 2.02. The number of aliphatic hydroxyl groups is 1. The fraction of sp³-hybridized carbons (Fsp3) is 0.500. The molecule has 16 heavy (non-hydrogen) atoms. The average Bonchev–Trinajstić information content (AvgIpc) is 2.25.